The van der Waals surface area contributed by atoms with Crippen LogP contribution in [0.2, 0.25) is 0 Å². The van der Waals surface area contributed by atoms with Crippen LogP contribution in [0.4, 0.5) is 4.79 Å². The van der Waals surface area contributed by atoms with E-state index in [0.717, 1.165) is 12.8 Å². The van der Waals surface area contributed by atoms with E-state index < -0.39 is 0 Å². The van der Waals surface area contributed by atoms with Gasteiger partial charge >= 0.3 is 6.09 Å². The third kappa shape index (κ3) is 3.85. The van der Waals surface area contributed by atoms with Gasteiger partial charge in [0.1, 0.15) is 0 Å². The molecular weight excluding hydrogens is 244 g/mol. The Morgan fingerprint density at radius 1 is 1.21 bits per heavy atom. The zero-order valence-electron chi connectivity index (χ0n) is 12.7. The predicted molar refractivity (Wildman–Crippen MR) is 73.8 cm³/mol. The summed E-state index contributed by atoms with van der Waals surface area (Å²) in [4.78, 5) is 27.7. The summed E-state index contributed by atoms with van der Waals surface area (Å²) in [7, 11) is 1.38. The lowest BCUT2D eigenvalue weighted by Crippen LogP contribution is -2.50. The first kappa shape index (κ1) is 15.8. The Morgan fingerprint density at radius 2 is 1.79 bits per heavy atom. The second-order valence-corrected chi connectivity index (χ2v) is 5.69. The predicted octanol–water partition coefficient (Wildman–Crippen LogP) is 2.11. The SMILES string of the molecule is COC(=O)N1CCC[C@H](C(=O)N(C(C)C)C(C)C)C1. The Kier molecular flexibility index (Phi) is 5.63. The van der Waals surface area contributed by atoms with Crippen LogP contribution >= 0.6 is 0 Å². The molecule has 0 aromatic rings. The molecule has 1 fully saturated rings. The number of amides is 2. The van der Waals surface area contributed by atoms with Gasteiger partial charge in [-0.1, -0.05) is 0 Å². The summed E-state index contributed by atoms with van der Waals surface area (Å²) in [6.45, 7) is 9.26. The molecule has 0 spiro atoms. The van der Waals surface area contributed by atoms with E-state index in [-0.39, 0.29) is 30.0 Å². The lowest BCUT2D eigenvalue weighted by Gasteiger charge is -2.37. The van der Waals surface area contributed by atoms with Gasteiger partial charge in [-0.25, -0.2) is 4.79 Å². The van der Waals surface area contributed by atoms with Crippen LogP contribution in [0.25, 0.3) is 0 Å². The van der Waals surface area contributed by atoms with Crippen molar-refractivity contribution < 1.29 is 14.3 Å². The first-order valence-corrected chi connectivity index (χ1v) is 7.03. The van der Waals surface area contributed by atoms with E-state index in [2.05, 4.69) is 0 Å². The van der Waals surface area contributed by atoms with Crippen LogP contribution in [-0.2, 0) is 9.53 Å². The maximum Gasteiger partial charge on any atom is 0.409 e. The van der Waals surface area contributed by atoms with Crippen molar-refractivity contribution in [2.75, 3.05) is 20.2 Å². The van der Waals surface area contributed by atoms with Gasteiger partial charge in [0.15, 0.2) is 0 Å². The van der Waals surface area contributed by atoms with E-state index in [9.17, 15) is 9.59 Å². The van der Waals surface area contributed by atoms with Gasteiger partial charge < -0.3 is 14.5 Å². The van der Waals surface area contributed by atoms with E-state index >= 15 is 0 Å². The molecule has 0 aromatic carbocycles. The van der Waals surface area contributed by atoms with Crippen LogP contribution in [0.5, 0.6) is 0 Å². The summed E-state index contributed by atoms with van der Waals surface area (Å²) in [5.74, 6) is 0.0521. The number of methoxy groups -OCH3 is 1. The molecule has 1 heterocycles. The highest BCUT2D eigenvalue weighted by molar-refractivity contribution is 5.80. The van der Waals surface area contributed by atoms with E-state index in [4.69, 9.17) is 4.74 Å². The number of likely N-dealkylation sites (tertiary alicyclic amines) is 1. The van der Waals surface area contributed by atoms with Gasteiger partial charge in [0.25, 0.3) is 0 Å². The van der Waals surface area contributed by atoms with Gasteiger partial charge in [0, 0.05) is 25.2 Å². The van der Waals surface area contributed by atoms with Crippen molar-refractivity contribution in [1.82, 2.24) is 9.80 Å². The van der Waals surface area contributed by atoms with E-state index in [0.29, 0.717) is 13.1 Å². The fourth-order valence-electron chi connectivity index (χ4n) is 2.79. The maximum atomic E-state index is 12.6. The number of piperidine rings is 1. The number of hydrogen-bond acceptors (Lipinski definition) is 3. The first-order chi connectivity index (χ1) is 8.88. The third-order valence-corrected chi connectivity index (χ3v) is 3.57. The molecule has 0 N–H and O–H groups in total. The summed E-state index contributed by atoms with van der Waals surface area (Å²) in [5.41, 5.74) is 0. The molecule has 0 saturated carbocycles. The molecule has 19 heavy (non-hydrogen) atoms. The van der Waals surface area contributed by atoms with Crippen molar-refractivity contribution in [1.29, 1.82) is 0 Å². The molecule has 5 heteroatoms. The van der Waals surface area contributed by atoms with Crippen molar-refractivity contribution in [3.8, 4) is 0 Å². The van der Waals surface area contributed by atoms with Crippen LogP contribution in [0.15, 0.2) is 0 Å². The fraction of sp³-hybridized carbons (Fsp3) is 0.857. The van der Waals surface area contributed by atoms with Crippen LogP contribution in [0.1, 0.15) is 40.5 Å². The average Bonchev–Trinajstić information content (AvgIpc) is 2.37. The molecule has 0 bridgehead atoms. The third-order valence-electron chi connectivity index (χ3n) is 3.57. The standard InChI is InChI=1S/C14H26N2O3/c1-10(2)16(11(3)4)13(17)12-7-6-8-15(9-12)14(18)19-5/h10-12H,6-9H2,1-5H3/t12-/m0/s1. The van der Waals surface area contributed by atoms with Crippen LogP contribution in [0.3, 0.4) is 0 Å². The minimum Gasteiger partial charge on any atom is -0.453 e. The molecule has 0 aromatic heterocycles. The van der Waals surface area contributed by atoms with Gasteiger partial charge in [0.05, 0.1) is 13.0 Å². The smallest absolute Gasteiger partial charge is 0.409 e. The minimum atomic E-state index is -0.335. The summed E-state index contributed by atoms with van der Waals surface area (Å²) in [6, 6.07) is 0.363. The molecular formula is C14H26N2O3. The van der Waals surface area contributed by atoms with Crippen molar-refractivity contribution in [2.45, 2.75) is 52.6 Å². The fourth-order valence-corrected chi connectivity index (χ4v) is 2.79. The summed E-state index contributed by atoms with van der Waals surface area (Å²) in [5, 5.41) is 0. The highest BCUT2D eigenvalue weighted by atomic mass is 16.5. The number of nitrogens with zero attached hydrogens (tertiary/aromatic N) is 2. The van der Waals surface area contributed by atoms with Gasteiger partial charge in [-0.15, -0.1) is 0 Å². The molecule has 1 atom stereocenters. The molecule has 1 saturated heterocycles. The molecule has 110 valence electrons. The zero-order valence-corrected chi connectivity index (χ0v) is 12.7. The molecule has 1 aliphatic rings. The number of carbonyl (C=O) groups is 2. The molecule has 0 aliphatic carbocycles. The van der Waals surface area contributed by atoms with Crippen LogP contribution in [-0.4, -0.2) is 54.1 Å². The Bertz CT molecular complexity index is 321. The number of hydrogen-bond donors (Lipinski definition) is 0. The molecule has 5 nitrogen and oxygen atoms in total. The molecule has 1 aliphatic heterocycles. The quantitative estimate of drug-likeness (QED) is 0.789. The minimum absolute atomic E-state index is 0.0994. The monoisotopic (exact) mass is 270 g/mol. The number of rotatable bonds is 3. The van der Waals surface area contributed by atoms with E-state index in [1.54, 1.807) is 4.90 Å². The molecule has 0 unspecified atom stereocenters. The normalized spacial score (nSPS) is 19.7. The van der Waals surface area contributed by atoms with Gasteiger partial charge in [-0.3, -0.25) is 4.79 Å². The molecule has 1 rings (SSSR count). The Labute approximate surface area is 115 Å². The topological polar surface area (TPSA) is 49.9 Å². The van der Waals surface area contributed by atoms with Crippen molar-refractivity contribution in [3.05, 3.63) is 0 Å². The lowest BCUT2D eigenvalue weighted by molar-refractivity contribution is -0.140. The van der Waals surface area contributed by atoms with Crippen molar-refractivity contribution >= 4 is 12.0 Å². The molecule has 2 amide bonds. The Morgan fingerprint density at radius 3 is 2.26 bits per heavy atom. The average molecular weight is 270 g/mol. The summed E-state index contributed by atoms with van der Waals surface area (Å²) < 4.78 is 4.74. The summed E-state index contributed by atoms with van der Waals surface area (Å²) in [6.07, 6.45) is 1.37. The van der Waals surface area contributed by atoms with Gasteiger partial charge in [-0.05, 0) is 40.5 Å². The van der Waals surface area contributed by atoms with Crippen LogP contribution in [0, 0.1) is 5.92 Å². The largest absolute Gasteiger partial charge is 0.453 e. The highest BCUT2D eigenvalue weighted by Crippen LogP contribution is 2.21. The van der Waals surface area contributed by atoms with E-state index in [1.807, 2.05) is 32.6 Å². The first-order valence-electron chi connectivity index (χ1n) is 7.03. The number of ether oxygens (including phenoxy) is 1. The highest BCUT2D eigenvalue weighted by Gasteiger charge is 2.33. The Hall–Kier alpha value is -1.26. The number of carbonyl (C=O) groups excluding carboxylic acids is 2. The Balaban J connectivity index is 2.73. The maximum absolute atomic E-state index is 12.6. The lowest BCUT2D eigenvalue weighted by atomic mass is 9.95. The second-order valence-electron chi connectivity index (χ2n) is 5.69. The van der Waals surface area contributed by atoms with Gasteiger partial charge in [-0.2, -0.15) is 0 Å². The molecule has 0 radical (unpaired) electrons. The summed E-state index contributed by atoms with van der Waals surface area (Å²) >= 11 is 0. The zero-order chi connectivity index (χ0) is 14.6. The van der Waals surface area contributed by atoms with Crippen molar-refractivity contribution in [2.24, 2.45) is 5.92 Å². The van der Waals surface area contributed by atoms with Gasteiger partial charge in [0.2, 0.25) is 5.91 Å². The van der Waals surface area contributed by atoms with Crippen molar-refractivity contribution in [3.63, 3.8) is 0 Å². The second kappa shape index (κ2) is 6.78. The van der Waals surface area contributed by atoms with E-state index in [1.165, 1.54) is 7.11 Å². The van der Waals surface area contributed by atoms with Crippen LogP contribution < -0.4 is 0 Å².